The number of esters is 1. The Morgan fingerprint density at radius 1 is 1.15 bits per heavy atom. The number of carbonyl (C=O) groups is 2. The molecule has 0 saturated carbocycles. The van der Waals surface area contributed by atoms with Gasteiger partial charge >= 0.3 is 5.97 Å². The molecule has 2 rings (SSSR count). The first-order valence-electron chi connectivity index (χ1n) is 7.60. The first-order valence-corrected chi connectivity index (χ1v) is 8.36. The molecule has 0 bridgehead atoms. The lowest BCUT2D eigenvalue weighted by atomic mass is 10.2. The molecule has 1 atom stereocenters. The Labute approximate surface area is 160 Å². The van der Waals surface area contributed by atoms with Gasteiger partial charge in [0.1, 0.15) is 11.6 Å². The van der Waals surface area contributed by atoms with Crippen molar-refractivity contribution in [1.82, 2.24) is 0 Å². The second-order valence-electron chi connectivity index (χ2n) is 5.45. The Balaban J connectivity index is 1.85. The van der Waals surface area contributed by atoms with Crippen molar-refractivity contribution in [2.45, 2.75) is 20.0 Å². The van der Waals surface area contributed by atoms with E-state index in [-0.39, 0.29) is 17.3 Å². The maximum Gasteiger partial charge on any atom is 0.344 e. The number of anilines is 1. The van der Waals surface area contributed by atoms with Gasteiger partial charge in [0.25, 0.3) is 5.91 Å². The molecule has 0 heterocycles. The van der Waals surface area contributed by atoms with Crippen LogP contribution in [-0.4, -0.2) is 24.6 Å². The van der Waals surface area contributed by atoms with Gasteiger partial charge in [0.2, 0.25) is 0 Å². The van der Waals surface area contributed by atoms with Crippen molar-refractivity contribution in [1.29, 1.82) is 0 Å². The lowest BCUT2D eigenvalue weighted by molar-refractivity contribution is -0.155. The zero-order valence-corrected chi connectivity index (χ0v) is 15.5. The quantitative estimate of drug-likeness (QED) is 0.731. The van der Waals surface area contributed by atoms with E-state index in [1.54, 1.807) is 25.1 Å². The maximum absolute atomic E-state index is 13.0. The summed E-state index contributed by atoms with van der Waals surface area (Å²) in [7, 11) is 0. The fraction of sp³-hybridized carbons (Fsp3) is 0.222. The van der Waals surface area contributed by atoms with E-state index in [4.69, 9.17) is 32.7 Å². The number of carbonyl (C=O) groups excluding carboxylic acids is 2. The van der Waals surface area contributed by atoms with Crippen LogP contribution in [0.5, 0.6) is 5.75 Å². The molecule has 8 heteroatoms. The van der Waals surface area contributed by atoms with Crippen LogP contribution in [0.2, 0.25) is 10.0 Å². The number of aryl methyl sites for hydroxylation is 1. The van der Waals surface area contributed by atoms with Gasteiger partial charge in [-0.25, -0.2) is 9.18 Å². The molecule has 2 aromatic carbocycles. The van der Waals surface area contributed by atoms with Crippen LogP contribution in [0, 0.1) is 12.7 Å². The summed E-state index contributed by atoms with van der Waals surface area (Å²) < 4.78 is 23.3. The van der Waals surface area contributed by atoms with Crippen molar-refractivity contribution in [3.63, 3.8) is 0 Å². The number of halogens is 3. The van der Waals surface area contributed by atoms with Gasteiger partial charge in [-0.1, -0.05) is 23.2 Å². The van der Waals surface area contributed by atoms with E-state index in [1.807, 2.05) is 0 Å². The first kappa shape index (κ1) is 20.0. The predicted octanol–water partition coefficient (Wildman–Crippen LogP) is 4.39. The highest BCUT2D eigenvalue weighted by Crippen LogP contribution is 2.23. The molecule has 0 aliphatic rings. The molecule has 0 saturated heterocycles. The van der Waals surface area contributed by atoms with Gasteiger partial charge in [-0.2, -0.15) is 0 Å². The largest absolute Gasteiger partial charge is 0.482 e. The fourth-order valence-corrected chi connectivity index (χ4v) is 2.29. The number of rotatable bonds is 6. The molecule has 2 aromatic rings. The minimum atomic E-state index is -1.08. The molecule has 0 unspecified atom stereocenters. The highest BCUT2D eigenvalue weighted by Gasteiger charge is 2.19. The smallest absolute Gasteiger partial charge is 0.344 e. The summed E-state index contributed by atoms with van der Waals surface area (Å²) in [5.41, 5.74) is 1.02. The minimum absolute atomic E-state index is 0.0401. The molecule has 0 radical (unpaired) electrons. The average molecular weight is 400 g/mol. The van der Waals surface area contributed by atoms with E-state index < -0.39 is 23.8 Å². The maximum atomic E-state index is 13.0. The van der Waals surface area contributed by atoms with Crippen molar-refractivity contribution in [3.8, 4) is 5.75 Å². The normalized spacial score (nSPS) is 11.6. The van der Waals surface area contributed by atoms with E-state index >= 15 is 0 Å². The number of amides is 1. The van der Waals surface area contributed by atoms with Gasteiger partial charge in [0.05, 0.1) is 10.7 Å². The van der Waals surface area contributed by atoms with Gasteiger partial charge < -0.3 is 14.8 Å². The topological polar surface area (TPSA) is 64.6 Å². The van der Waals surface area contributed by atoms with E-state index in [9.17, 15) is 14.0 Å². The number of hydrogen-bond donors (Lipinski definition) is 1. The third kappa shape index (κ3) is 5.61. The number of benzene rings is 2. The number of hydrogen-bond acceptors (Lipinski definition) is 4. The second kappa shape index (κ2) is 8.87. The molecule has 1 N–H and O–H groups in total. The molecular weight excluding hydrogens is 384 g/mol. The van der Waals surface area contributed by atoms with Crippen molar-refractivity contribution in [2.75, 3.05) is 11.9 Å². The Kier molecular flexibility index (Phi) is 6.83. The summed E-state index contributed by atoms with van der Waals surface area (Å²) in [4.78, 5) is 23.9. The zero-order valence-electron chi connectivity index (χ0n) is 14.0. The zero-order chi connectivity index (χ0) is 19.3. The van der Waals surface area contributed by atoms with Crippen molar-refractivity contribution >= 4 is 40.8 Å². The standard InChI is InChI=1S/C18H16Cl2FNO4/c1-10-7-13(4-5-14(10)19)25-9-17(23)26-11(2)18(24)22-16-6-3-12(21)8-15(16)20/h3-8,11H,9H2,1-2H3,(H,22,24)/t11-/m1/s1. The molecule has 1 amide bonds. The third-order valence-electron chi connectivity index (χ3n) is 3.35. The van der Waals surface area contributed by atoms with Gasteiger partial charge in [-0.05, 0) is 55.8 Å². The van der Waals surface area contributed by atoms with Crippen LogP contribution in [0.1, 0.15) is 12.5 Å². The monoisotopic (exact) mass is 399 g/mol. The SMILES string of the molecule is Cc1cc(OCC(=O)O[C@H](C)C(=O)Nc2ccc(F)cc2Cl)ccc1Cl. The molecule has 0 aliphatic carbocycles. The Bertz CT molecular complexity index is 829. The van der Waals surface area contributed by atoms with Gasteiger partial charge in [0, 0.05) is 5.02 Å². The highest BCUT2D eigenvalue weighted by atomic mass is 35.5. The summed E-state index contributed by atoms with van der Waals surface area (Å²) in [6.07, 6.45) is -1.08. The summed E-state index contributed by atoms with van der Waals surface area (Å²) in [5.74, 6) is -1.39. The van der Waals surface area contributed by atoms with Gasteiger partial charge in [-0.15, -0.1) is 0 Å². The third-order valence-corrected chi connectivity index (χ3v) is 4.09. The molecule has 0 spiro atoms. The summed E-state index contributed by atoms with van der Waals surface area (Å²) in [5, 5.41) is 3.09. The summed E-state index contributed by atoms with van der Waals surface area (Å²) in [6, 6.07) is 8.49. The Hall–Kier alpha value is -2.31. The molecule has 5 nitrogen and oxygen atoms in total. The van der Waals surface area contributed by atoms with Crippen LogP contribution >= 0.6 is 23.2 Å². The average Bonchev–Trinajstić information content (AvgIpc) is 2.58. The first-order chi connectivity index (χ1) is 12.3. The number of nitrogens with one attached hydrogen (secondary N) is 1. The summed E-state index contributed by atoms with van der Waals surface area (Å²) in [6.45, 7) is 2.84. The van der Waals surface area contributed by atoms with Crippen LogP contribution in [0.4, 0.5) is 10.1 Å². The van der Waals surface area contributed by atoms with Crippen LogP contribution < -0.4 is 10.1 Å². The van der Waals surface area contributed by atoms with Crippen LogP contribution in [0.25, 0.3) is 0 Å². The number of ether oxygens (including phenoxy) is 2. The molecule has 138 valence electrons. The Morgan fingerprint density at radius 3 is 2.54 bits per heavy atom. The molecule has 0 aromatic heterocycles. The van der Waals surface area contributed by atoms with E-state index in [0.717, 1.165) is 17.7 Å². The highest BCUT2D eigenvalue weighted by molar-refractivity contribution is 6.33. The van der Waals surface area contributed by atoms with Gasteiger partial charge in [0.15, 0.2) is 12.7 Å². The summed E-state index contributed by atoms with van der Waals surface area (Å²) >= 11 is 11.7. The lowest BCUT2D eigenvalue weighted by Crippen LogP contribution is -2.31. The van der Waals surface area contributed by atoms with Gasteiger partial charge in [-0.3, -0.25) is 4.79 Å². The lowest BCUT2D eigenvalue weighted by Gasteiger charge is -2.14. The molecular formula is C18H16Cl2FNO4. The van der Waals surface area contributed by atoms with Crippen LogP contribution in [0.3, 0.4) is 0 Å². The molecule has 0 aliphatic heterocycles. The fourth-order valence-electron chi connectivity index (χ4n) is 1.96. The second-order valence-corrected chi connectivity index (χ2v) is 6.26. The van der Waals surface area contributed by atoms with Crippen LogP contribution in [0.15, 0.2) is 36.4 Å². The van der Waals surface area contributed by atoms with E-state index in [1.165, 1.54) is 13.0 Å². The molecule has 26 heavy (non-hydrogen) atoms. The van der Waals surface area contributed by atoms with Crippen molar-refractivity contribution in [2.24, 2.45) is 0 Å². The molecule has 0 fully saturated rings. The Morgan fingerprint density at radius 2 is 1.88 bits per heavy atom. The van der Waals surface area contributed by atoms with Crippen molar-refractivity contribution < 1.29 is 23.5 Å². The van der Waals surface area contributed by atoms with E-state index in [2.05, 4.69) is 5.32 Å². The van der Waals surface area contributed by atoms with Crippen LogP contribution in [-0.2, 0) is 14.3 Å². The predicted molar refractivity (Wildman–Crippen MR) is 97.3 cm³/mol. The minimum Gasteiger partial charge on any atom is -0.482 e. The van der Waals surface area contributed by atoms with Crippen molar-refractivity contribution in [3.05, 3.63) is 57.8 Å². The van der Waals surface area contributed by atoms with E-state index in [0.29, 0.717) is 10.8 Å².